The largest absolute Gasteiger partial charge is 0.432 e. The van der Waals surface area contributed by atoms with Gasteiger partial charge in [-0.3, -0.25) is 0 Å². The number of nitriles is 1. The van der Waals surface area contributed by atoms with Gasteiger partial charge < -0.3 is 4.98 Å². The van der Waals surface area contributed by atoms with E-state index in [1.807, 2.05) is 0 Å². The van der Waals surface area contributed by atoms with Gasteiger partial charge in [0.05, 0.1) is 26.2 Å². The summed E-state index contributed by atoms with van der Waals surface area (Å²) in [6.45, 7) is 0. The third-order valence-corrected chi connectivity index (χ3v) is 6.76. The topological polar surface area (TPSA) is 73.7 Å². The van der Waals surface area contributed by atoms with E-state index in [1.54, 1.807) is 6.07 Å². The Balaban J connectivity index is 2.36. The maximum atomic E-state index is 13.7. The van der Waals surface area contributed by atoms with Gasteiger partial charge in [0, 0.05) is 5.02 Å². The summed E-state index contributed by atoms with van der Waals surface area (Å²) in [5.74, 6) is 0. The lowest BCUT2D eigenvalue weighted by molar-refractivity contribution is -0.143. The number of aromatic amines is 1. The van der Waals surface area contributed by atoms with E-state index in [4.69, 9.17) is 34.8 Å². The van der Waals surface area contributed by atoms with E-state index < -0.39 is 37.1 Å². The highest BCUT2D eigenvalue weighted by Crippen LogP contribution is 2.42. The number of rotatable bonds is 3. The molecule has 0 fully saturated rings. The summed E-state index contributed by atoms with van der Waals surface area (Å²) in [6.07, 6.45) is -5.07. The molecule has 29 heavy (non-hydrogen) atoms. The molecule has 0 saturated heterocycles. The van der Waals surface area contributed by atoms with Crippen LogP contribution >= 0.6 is 34.8 Å². The van der Waals surface area contributed by atoms with E-state index in [-0.39, 0.29) is 21.3 Å². The first-order valence-electron chi connectivity index (χ1n) is 7.66. The number of aromatic nitrogens is 1. The van der Waals surface area contributed by atoms with Crippen molar-refractivity contribution in [2.75, 3.05) is 0 Å². The van der Waals surface area contributed by atoms with Gasteiger partial charge in [-0.15, -0.1) is 0 Å². The van der Waals surface area contributed by atoms with Crippen molar-refractivity contribution in [1.82, 2.24) is 4.98 Å². The molecule has 1 aromatic heterocycles. The molecular weight excluding hydrogens is 472 g/mol. The van der Waals surface area contributed by atoms with Crippen LogP contribution in [0.15, 0.2) is 52.3 Å². The van der Waals surface area contributed by atoms with E-state index in [0.717, 1.165) is 18.2 Å². The molecule has 0 atom stereocenters. The first-order chi connectivity index (χ1) is 13.5. The Labute approximate surface area is 178 Å². The van der Waals surface area contributed by atoms with E-state index >= 15 is 0 Å². The summed E-state index contributed by atoms with van der Waals surface area (Å²) in [7, 11) is -4.77. The van der Waals surface area contributed by atoms with Gasteiger partial charge in [0.2, 0.25) is 9.84 Å². The molecule has 0 radical (unpaired) electrons. The molecule has 2 aromatic carbocycles. The van der Waals surface area contributed by atoms with Gasteiger partial charge in [0.1, 0.15) is 16.7 Å². The normalized spacial score (nSPS) is 12.0. The smallest absolute Gasteiger partial charge is 0.349 e. The molecule has 1 N–H and O–H groups in total. The maximum Gasteiger partial charge on any atom is 0.432 e. The van der Waals surface area contributed by atoms with Crippen LogP contribution in [0.1, 0.15) is 11.3 Å². The quantitative estimate of drug-likeness (QED) is 0.475. The Hall–Kier alpha value is -2.18. The first-order valence-corrected chi connectivity index (χ1v) is 10.3. The predicted molar refractivity (Wildman–Crippen MR) is 103 cm³/mol. The number of nitrogens with one attached hydrogen (secondary N) is 1. The molecule has 0 amide bonds. The Kier molecular flexibility index (Phi) is 5.62. The van der Waals surface area contributed by atoms with Crippen molar-refractivity contribution in [3.63, 3.8) is 0 Å². The highest BCUT2D eigenvalue weighted by Gasteiger charge is 2.43. The summed E-state index contributed by atoms with van der Waals surface area (Å²) < 4.78 is 67.1. The SMILES string of the molecule is N#Cc1c(-c2ccc(Cl)cc2)[nH]c(C(F)(F)F)c1S(=O)(=O)c1ccc(Cl)c(Cl)c1. The molecule has 3 aromatic rings. The number of benzene rings is 2. The number of H-pyrrole nitrogens is 1. The van der Waals surface area contributed by atoms with Crippen molar-refractivity contribution in [3.05, 3.63) is 68.8 Å². The minimum absolute atomic E-state index is 0.0260. The molecule has 11 heteroatoms. The van der Waals surface area contributed by atoms with Crippen molar-refractivity contribution in [3.8, 4) is 17.3 Å². The Morgan fingerprint density at radius 3 is 2.10 bits per heavy atom. The van der Waals surface area contributed by atoms with Gasteiger partial charge in [0.25, 0.3) is 0 Å². The van der Waals surface area contributed by atoms with Gasteiger partial charge in [-0.05, 0) is 35.9 Å². The van der Waals surface area contributed by atoms with Crippen molar-refractivity contribution in [2.24, 2.45) is 0 Å². The first kappa shape index (κ1) is 21.5. The van der Waals surface area contributed by atoms with Crippen LogP contribution in [0.3, 0.4) is 0 Å². The van der Waals surface area contributed by atoms with E-state index in [0.29, 0.717) is 5.02 Å². The van der Waals surface area contributed by atoms with Crippen LogP contribution in [0.4, 0.5) is 13.2 Å². The monoisotopic (exact) mass is 478 g/mol. The van der Waals surface area contributed by atoms with Gasteiger partial charge in [-0.25, -0.2) is 8.42 Å². The van der Waals surface area contributed by atoms with Crippen molar-refractivity contribution in [2.45, 2.75) is 16.0 Å². The fourth-order valence-electron chi connectivity index (χ4n) is 2.65. The maximum absolute atomic E-state index is 13.7. The number of halogens is 6. The summed E-state index contributed by atoms with van der Waals surface area (Å²) in [4.78, 5) is 0.334. The Morgan fingerprint density at radius 1 is 0.966 bits per heavy atom. The van der Waals surface area contributed by atoms with Crippen LogP contribution in [-0.4, -0.2) is 13.4 Å². The third-order valence-electron chi connectivity index (χ3n) is 3.95. The number of hydrogen-bond donors (Lipinski definition) is 1. The molecule has 0 unspecified atom stereocenters. The summed E-state index contributed by atoms with van der Waals surface area (Å²) in [5.41, 5.74) is -2.38. The van der Waals surface area contributed by atoms with Crippen molar-refractivity contribution in [1.29, 1.82) is 5.26 Å². The van der Waals surface area contributed by atoms with Crippen LogP contribution in [0.5, 0.6) is 0 Å². The molecule has 0 spiro atoms. The zero-order valence-electron chi connectivity index (χ0n) is 14.0. The van der Waals surface area contributed by atoms with E-state index in [2.05, 4.69) is 4.98 Å². The van der Waals surface area contributed by atoms with Crippen molar-refractivity contribution >= 4 is 44.6 Å². The Morgan fingerprint density at radius 2 is 1.59 bits per heavy atom. The lowest BCUT2D eigenvalue weighted by Crippen LogP contribution is -2.13. The van der Waals surface area contributed by atoms with Gasteiger partial charge >= 0.3 is 6.18 Å². The fraction of sp³-hybridized carbons (Fsp3) is 0.0556. The van der Waals surface area contributed by atoms with Crippen LogP contribution in [0, 0.1) is 11.3 Å². The zero-order chi connectivity index (χ0) is 21.6. The number of hydrogen-bond acceptors (Lipinski definition) is 3. The van der Waals surface area contributed by atoms with Gasteiger partial charge in [0.15, 0.2) is 0 Å². The Bertz CT molecular complexity index is 1250. The molecule has 0 aliphatic rings. The standard InChI is InChI=1S/C18H8Cl3F3N2O2S/c19-10-3-1-9(2-4-10)15-12(8-25)16(17(26-15)18(22,23)24)29(27,28)11-5-6-13(20)14(21)7-11/h1-7,26H. The lowest BCUT2D eigenvalue weighted by atomic mass is 10.1. The van der Waals surface area contributed by atoms with E-state index in [1.165, 1.54) is 24.3 Å². The second-order valence-electron chi connectivity index (χ2n) is 5.77. The lowest BCUT2D eigenvalue weighted by Gasteiger charge is -2.10. The number of nitrogens with zero attached hydrogens (tertiary/aromatic N) is 1. The molecule has 0 saturated carbocycles. The highest BCUT2D eigenvalue weighted by atomic mass is 35.5. The molecule has 150 valence electrons. The average Bonchev–Trinajstić information content (AvgIpc) is 3.05. The number of alkyl halides is 3. The second-order valence-corrected chi connectivity index (χ2v) is 8.91. The third kappa shape index (κ3) is 3.96. The molecule has 1 heterocycles. The minimum atomic E-state index is -5.07. The molecule has 4 nitrogen and oxygen atoms in total. The highest BCUT2D eigenvalue weighted by molar-refractivity contribution is 7.91. The minimum Gasteiger partial charge on any atom is -0.349 e. The average molecular weight is 480 g/mol. The second kappa shape index (κ2) is 7.58. The summed E-state index contributed by atoms with van der Waals surface area (Å²) in [5, 5.41) is 9.71. The number of sulfone groups is 1. The van der Waals surface area contributed by atoms with Crippen LogP contribution in [-0.2, 0) is 16.0 Å². The van der Waals surface area contributed by atoms with Gasteiger partial charge in [-0.1, -0.05) is 46.9 Å². The molecular formula is C18H8Cl3F3N2O2S. The molecule has 3 rings (SSSR count). The van der Waals surface area contributed by atoms with Crippen LogP contribution in [0.2, 0.25) is 15.1 Å². The summed E-state index contributed by atoms with van der Waals surface area (Å²) >= 11 is 17.4. The predicted octanol–water partition coefficient (Wildman–Crippen LogP) is 6.37. The van der Waals surface area contributed by atoms with E-state index in [9.17, 15) is 26.9 Å². The summed E-state index contributed by atoms with van der Waals surface area (Å²) in [6, 6.07) is 10.2. The molecule has 0 aliphatic heterocycles. The van der Waals surface area contributed by atoms with Crippen molar-refractivity contribution < 1.29 is 21.6 Å². The molecule has 0 bridgehead atoms. The van der Waals surface area contributed by atoms with Crippen LogP contribution < -0.4 is 0 Å². The van der Waals surface area contributed by atoms with Gasteiger partial charge in [-0.2, -0.15) is 18.4 Å². The zero-order valence-corrected chi connectivity index (χ0v) is 17.1. The molecule has 0 aliphatic carbocycles. The van der Waals surface area contributed by atoms with Crippen LogP contribution in [0.25, 0.3) is 11.3 Å². The fourth-order valence-corrected chi connectivity index (χ4v) is 4.75.